The minimum absolute atomic E-state index is 1.02. The molecule has 0 saturated carbocycles. The van der Waals surface area contributed by atoms with E-state index >= 15 is 0 Å². The summed E-state index contributed by atoms with van der Waals surface area (Å²) in [6.07, 6.45) is 1.17. The number of anilines is 1. The maximum absolute atomic E-state index is 4.43. The van der Waals surface area contributed by atoms with Gasteiger partial charge in [-0.15, -0.1) is 0 Å². The summed E-state index contributed by atoms with van der Waals surface area (Å²) in [5.41, 5.74) is 1.09. The van der Waals surface area contributed by atoms with E-state index in [1.807, 2.05) is 6.07 Å². The largest absolute Gasteiger partial charge is 0.375 e. The fourth-order valence-electron chi connectivity index (χ4n) is 2.06. The molecule has 1 N–H and O–H groups in total. The molecule has 2 rings (SSSR count). The number of benzene rings is 1. The van der Waals surface area contributed by atoms with E-state index in [2.05, 4.69) is 46.6 Å². The second-order valence-electron chi connectivity index (χ2n) is 4.34. The van der Waals surface area contributed by atoms with Crippen LogP contribution in [0.3, 0.4) is 0 Å². The van der Waals surface area contributed by atoms with Crippen LogP contribution in [-0.2, 0) is 0 Å². The van der Waals surface area contributed by atoms with E-state index in [4.69, 9.17) is 0 Å². The van der Waals surface area contributed by atoms with E-state index in [9.17, 15) is 0 Å². The Labute approximate surface area is 113 Å². The topological polar surface area (TPSA) is 28.2 Å². The lowest BCUT2D eigenvalue weighted by Gasteiger charge is -2.17. The molecular formula is C14H21N3S. The maximum Gasteiger partial charge on any atom is 0.117 e. The molecule has 4 heteroatoms. The van der Waals surface area contributed by atoms with Crippen molar-refractivity contribution in [2.75, 3.05) is 31.5 Å². The minimum Gasteiger partial charge on any atom is -0.375 e. The number of hydrogen-bond acceptors (Lipinski definition) is 4. The van der Waals surface area contributed by atoms with Crippen LogP contribution in [0.1, 0.15) is 20.3 Å². The van der Waals surface area contributed by atoms with Gasteiger partial charge in [0.05, 0.1) is 5.52 Å². The van der Waals surface area contributed by atoms with Crippen LogP contribution in [0.4, 0.5) is 5.00 Å². The molecule has 18 heavy (non-hydrogen) atoms. The molecule has 0 aliphatic carbocycles. The van der Waals surface area contributed by atoms with Crippen molar-refractivity contribution in [2.45, 2.75) is 20.3 Å². The zero-order valence-electron chi connectivity index (χ0n) is 11.1. The van der Waals surface area contributed by atoms with Crippen LogP contribution in [-0.4, -0.2) is 35.5 Å². The minimum atomic E-state index is 1.02. The summed E-state index contributed by atoms with van der Waals surface area (Å²) in [7, 11) is 0. The zero-order valence-corrected chi connectivity index (χ0v) is 12.0. The highest BCUT2D eigenvalue weighted by molar-refractivity contribution is 7.11. The highest BCUT2D eigenvalue weighted by Gasteiger charge is 2.04. The van der Waals surface area contributed by atoms with Crippen molar-refractivity contribution in [1.82, 2.24) is 9.27 Å². The molecule has 0 aliphatic heterocycles. The summed E-state index contributed by atoms with van der Waals surface area (Å²) >= 11 is 1.56. The lowest BCUT2D eigenvalue weighted by Crippen LogP contribution is -2.25. The van der Waals surface area contributed by atoms with Crippen LogP contribution in [0.15, 0.2) is 24.3 Å². The molecule has 3 nitrogen and oxygen atoms in total. The van der Waals surface area contributed by atoms with Crippen LogP contribution in [0.5, 0.6) is 0 Å². The first-order valence-electron chi connectivity index (χ1n) is 6.65. The van der Waals surface area contributed by atoms with Crippen LogP contribution < -0.4 is 5.32 Å². The van der Waals surface area contributed by atoms with Gasteiger partial charge in [0.1, 0.15) is 5.00 Å². The van der Waals surface area contributed by atoms with Gasteiger partial charge in [-0.05, 0) is 49.7 Å². The van der Waals surface area contributed by atoms with E-state index in [1.165, 1.54) is 16.8 Å². The van der Waals surface area contributed by atoms with Crippen molar-refractivity contribution in [3.63, 3.8) is 0 Å². The lowest BCUT2D eigenvalue weighted by atomic mass is 10.2. The van der Waals surface area contributed by atoms with Gasteiger partial charge in [0.15, 0.2) is 0 Å². The van der Waals surface area contributed by atoms with Crippen LogP contribution in [0.25, 0.3) is 10.9 Å². The second-order valence-corrected chi connectivity index (χ2v) is 5.11. The standard InChI is InChI=1S/C14H21N3S/c1-3-17(4-2)11-7-10-15-14-12-8-5-6-9-13(12)16-18-14/h5-6,8-9,15H,3-4,7,10-11H2,1-2H3. The molecule has 1 heterocycles. The summed E-state index contributed by atoms with van der Waals surface area (Å²) < 4.78 is 4.43. The first-order valence-corrected chi connectivity index (χ1v) is 7.43. The number of hydrogen-bond donors (Lipinski definition) is 1. The fraction of sp³-hybridized carbons (Fsp3) is 0.500. The first-order chi connectivity index (χ1) is 8.85. The van der Waals surface area contributed by atoms with Gasteiger partial charge in [0, 0.05) is 11.9 Å². The van der Waals surface area contributed by atoms with Gasteiger partial charge in [0.25, 0.3) is 0 Å². The third-order valence-electron chi connectivity index (χ3n) is 3.22. The monoisotopic (exact) mass is 263 g/mol. The molecule has 1 aromatic carbocycles. The molecule has 2 aromatic rings. The predicted octanol–water partition coefficient (Wildman–Crippen LogP) is 3.44. The quantitative estimate of drug-likeness (QED) is 0.776. The highest BCUT2D eigenvalue weighted by Crippen LogP contribution is 2.26. The van der Waals surface area contributed by atoms with Crippen LogP contribution >= 0.6 is 11.5 Å². The fourth-order valence-corrected chi connectivity index (χ4v) is 2.85. The van der Waals surface area contributed by atoms with Crippen molar-refractivity contribution in [2.24, 2.45) is 0 Å². The Morgan fingerprint density at radius 3 is 2.78 bits per heavy atom. The first kappa shape index (κ1) is 13.3. The summed E-state index contributed by atoms with van der Waals surface area (Å²) in [4.78, 5) is 2.45. The average Bonchev–Trinajstić information content (AvgIpc) is 2.82. The molecule has 1 aromatic heterocycles. The number of nitrogens with zero attached hydrogens (tertiary/aromatic N) is 2. The Bertz CT molecular complexity index is 477. The molecule has 0 amide bonds. The van der Waals surface area contributed by atoms with Gasteiger partial charge in [-0.2, -0.15) is 4.37 Å². The molecule has 0 spiro atoms. The SMILES string of the molecule is CCN(CC)CCCNc1snc2ccccc12. The highest BCUT2D eigenvalue weighted by atomic mass is 32.1. The Morgan fingerprint density at radius 1 is 1.22 bits per heavy atom. The van der Waals surface area contributed by atoms with Crippen molar-refractivity contribution < 1.29 is 0 Å². The van der Waals surface area contributed by atoms with Gasteiger partial charge in [-0.3, -0.25) is 0 Å². The van der Waals surface area contributed by atoms with E-state index in [-0.39, 0.29) is 0 Å². The van der Waals surface area contributed by atoms with Gasteiger partial charge in [-0.25, -0.2) is 0 Å². The number of rotatable bonds is 7. The maximum atomic E-state index is 4.43. The molecule has 0 aliphatic rings. The predicted molar refractivity (Wildman–Crippen MR) is 80.5 cm³/mol. The Hall–Kier alpha value is -1.13. The van der Waals surface area contributed by atoms with Crippen molar-refractivity contribution >= 4 is 27.4 Å². The smallest absolute Gasteiger partial charge is 0.117 e. The van der Waals surface area contributed by atoms with Crippen molar-refractivity contribution in [1.29, 1.82) is 0 Å². The molecule has 0 bridgehead atoms. The van der Waals surface area contributed by atoms with E-state index in [0.717, 1.165) is 31.7 Å². The average molecular weight is 263 g/mol. The lowest BCUT2D eigenvalue weighted by molar-refractivity contribution is 0.303. The number of fused-ring (bicyclic) bond motifs is 1. The Balaban J connectivity index is 1.83. The van der Waals surface area contributed by atoms with Gasteiger partial charge in [0.2, 0.25) is 0 Å². The summed E-state index contributed by atoms with van der Waals surface area (Å²) in [5.74, 6) is 0. The number of nitrogens with one attached hydrogen (secondary N) is 1. The van der Waals surface area contributed by atoms with E-state index in [0.29, 0.717) is 0 Å². The van der Waals surface area contributed by atoms with Crippen molar-refractivity contribution in [3.8, 4) is 0 Å². The number of aromatic nitrogens is 1. The third-order valence-corrected chi connectivity index (χ3v) is 4.05. The Morgan fingerprint density at radius 2 is 2.00 bits per heavy atom. The van der Waals surface area contributed by atoms with Gasteiger partial charge >= 0.3 is 0 Å². The van der Waals surface area contributed by atoms with Crippen LogP contribution in [0.2, 0.25) is 0 Å². The van der Waals surface area contributed by atoms with Gasteiger partial charge in [-0.1, -0.05) is 26.0 Å². The summed E-state index contributed by atoms with van der Waals surface area (Å²) in [6, 6.07) is 8.29. The summed E-state index contributed by atoms with van der Waals surface area (Å²) in [6.45, 7) is 8.89. The van der Waals surface area contributed by atoms with Crippen molar-refractivity contribution in [3.05, 3.63) is 24.3 Å². The molecule has 0 fully saturated rings. The molecular weight excluding hydrogens is 242 g/mol. The van der Waals surface area contributed by atoms with Crippen LogP contribution in [0, 0.1) is 0 Å². The molecule has 0 saturated heterocycles. The molecule has 0 radical (unpaired) electrons. The van der Waals surface area contributed by atoms with Gasteiger partial charge < -0.3 is 10.2 Å². The summed E-state index contributed by atoms with van der Waals surface area (Å²) in [5, 5.41) is 5.94. The third kappa shape index (κ3) is 3.21. The van der Waals surface area contributed by atoms with E-state index < -0.39 is 0 Å². The second kappa shape index (κ2) is 6.71. The Kier molecular flexibility index (Phi) is 4.96. The normalized spacial score (nSPS) is 11.3. The molecule has 98 valence electrons. The van der Waals surface area contributed by atoms with E-state index in [1.54, 1.807) is 11.5 Å². The molecule has 0 unspecified atom stereocenters. The molecule has 0 atom stereocenters. The zero-order chi connectivity index (χ0) is 12.8.